The van der Waals surface area contributed by atoms with Gasteiger partial charge in [-0.05, 0) is 26.2 Å². The number of sulfone groups is 1. The first-order valence-corrected chi connectivity index (χ1v) is 6.58. The fourth-order valence-electron chi connectivity index (χ4n) is 1.96. The van der Waals surface area contributed by atoms with Crippen LogP contribution in [-0.4, -0.2) is 43.9 Å². The smallest absolute Gasteiger partial charge is 0.154 e. The Morgan fingerprint density at radius 2 is 2.00 bits per heavy atom. The number of hydrogen-bond acceptors (Lipinski definition) is 4. The number of pyridine rings is 1. The molecule has 2 rings (SSSR count). The average Bonchev–Trinajstić information content (AvgIpc) is 2.14. The predicted molar refractivity (Wildman–Crippen MR) is 58.3 cm³/mol. The van der Waals surface area contributed by atoms with E-state index >= 15 is 0 Å². The fraction of sp³-hybridized carbons (Fsp3) is 0.500. The van der Waals surface area contributed by atoms with Gasteiger partial charge in [0.05, 0.1) is 22.7 Å². The highest BCUT2D eigenvalue weighted by atomic mass is 32.2. The highest BCUT2D eigenvalue weighted by Crippen LogP contribution is 2.37. The molecule has 0 radical (unpaired) electrons. The third kappa shape index (κ3) is 1.66. The summed E-state index contributed by atoms with van der Waals surface area (Å²) in [7, 11) is 0.921. The van der Waals surface area contributed by atoms with Crippen molar-refractivity contribution in [3.63, 3.8) is 0 Å². The summed E-state index contributed by atoms with van der Waals surface area (Å²) >= 11 is 0. The SMILES string of the molecule is CN(C)C1(c2ccccn2)CS(=O)(=O)C1. The van der Waals surface area contributed by atoms with Crippen LogP contribution in [0.1, 0.15) is 5.69 Å². The molecule has 4 nitrogen and oxygen atoms in total. The standard InChI is InChI=1S/C10H14N2O2S/c1-12(2)10(7-15(13,14)8-10)9-5-3-4-6-11-9/h3-6H,7-8H2,1-2H3. The van der Waals surface area contributed by atoms with Crippen molar-refractivity contribution in [3.8, 4) is 0 Å². The molecule has 0 bridgehead atoms. The molecule has 1 aromatic heterocycles. The first kappa shape index (κ1) is 10.6. The molecule has 0 aliphatic carbocycles. The Hall–Kier alpha value is -0.940. The van der Waals surface area contributed by atoms with Crippen LogP contribution in [0.25, 0.3) is 0 Å². The first-order chi connectivity index (χ1) is 6.96. The van der Waals surface area contributed by atoms with Crippen LogP contribution < -0.4 is 0 Å². The van der Waals surface area contributed by atoms with Gasteiger partial charge >= 0.3 is 0 Å². The molecule has 15 heavy (non-hydrogen) atoms. The van der Waals surface area contributed by atoms with E-state index in [-0.39, 0.29) is 11.5 Å². The topological polar surface area (TPSA) is 50.3 Å². The zero-order valence-electron chi connectivity index (χ0n) is 8.84. The van der Waals surface area contributed by atoms with E-state index in [0.29, 0.717) is 0 Å². The zero-order valence-corrected chi connectivity index (χ0v) is 9.66. The Morgan fingerprint density at radius 3 is 2.40 bits per heavy atom. The summed E-state index contributed by atoms with van der Waals surface area (Å²) in [4.78, 5) is 6.19. The molecule has 1 aliphatic rings. The van der Waals surface area contributed by atoms with E-state index in [9.17, 15) is 8.42 Å². The van der Waals surface area contributed by atoms with Crippen molar-refractivity contribution in [2.75, 3.05) is 25.6 Å². The van der Waals surface area contributed by atoms with Crippen molar-refractivity contribution in [2.24, 2.45) is 0 Å². The molecular formula is C10H14N2O2S. The second-order valence-corrected chi connectivity index (χ2v) is 6.24. The Bertz CT molecular complexity index is 442. The fourth-order valence-corrected chi connectivity index (χ4v) is 4.14. The highest BCUT2D eigenvalue weighted by molar-refractivity contribution is 7.93. The number of rotatable bonds is 2. The number of nitrogens with zero attached hydrogens (tertiary/aromatic N) is 2. The highest BCUT2D eigenvalue weighted by Gasteiger charge is 2.52. The van der Waals surface area contributed by atoms with Crippen molar-refractivity contribution in [1.29, 1.82) is 0 Å². The van der Waals surface area contributed by atoms with E-state index in [1.54, 1.807) is 6.20 Å². The second kappa shape index (κ2) is 3.28. The van der Waals surface area contributed by atoms with Crippen LogP contribution in [0, 0.1) is 0 Å². The van der Waals surface area contributed by atoms with Gasteiger partial charge in [-0.2, -0.15) is 0 Å². The van der Waals surface area contributed by atoms with Gasteiger partial charge in [0.25, 0.3) is 0 Å². The molecule has 5 heteroatoms. The minimum absolute atomic E-state index is 0.171. The molecule has 0 unspecified atom stereocenters. The van der Waals surface area contributed by atoms with E-state index in [4.69, 9.17) is 0 Å². The van der Waals surface area contributed by atoms with Gasteiger partial charge in [-0.3, -0.25) is 9.88 Å². The van der Waals surface area contributed by atoms with Gasteiger partial charge in [0, 0.05) is 6.20 Å². The molecule has 0 N–H and O–H groups in total. The molecule has 1 fully saturated rings. The summed E-state index contributed by atoms with van der Waals surface area (Å²) in [6.07, 6.45) is 1.70. The van der Waals surface area contributed by atoms with E-state index in [1.165, 1.54) is 0 Å². The molecule has 82 valence electrons. The Kier molecular flexibility index (Phi) is 2.31. The summed E-state index contributed by atoms with van der Waals surface area (Å²) in [5.74, 6) is 0.341. The number of hydrogen-bond donors (Lipinski definition) is 0. The predicted octanol–water partition coefficient (Wildman–Crippen LogP) is 0.267. The van der Waals surface area contributed by atoms with Crippen LogP contribution in [0.15, 0.2) is 24.4 Å². The lowest BCUT2D eigenvalue weighted by molar-refractivity contribution is 0.178. The maximum Gasteiger partial charge on any atom is 0.154 e. The molecule has 1 aliphatic heterocycles. The molecule has 0 saturated carbocycles. The molecule has 1 aromatic rings. The van der Waals surface area contributed by atoms with Crippen LogP contribution in [0.2, 0.25) is 0 Å². The zero-order chi connectivity index (χ0) is 11.1. The summed E-state index contributed by atoms with van der Waals surface area (Å²) in [6, 6.07) is 5.60. The summed E-state index contributed by atoms with van der Waals surface area (Å²) < 4.78 is 22.7. The van der Waals surface area contributed by atoms with E-state index in [0.717, 1.165) is 5.69 Å². The van der Waals surface area contributed by atoms with Gasteiger partial charge < -0.3 is 0 Å². The van der Waals surface area contributed by atoms with Crippen LogP contribution in [-0.2, 0) is 15.4 Å². The maximum atomic E-state index is 11.3. The minimum atomic E-state index is -2.86. The summed E-state index contributed by atoms with van der Waals surface area (Å²) in [5.41, 5.74) is 0.421. The second-order valence-electron chi connectivity index (χ2n) is 4.17. The number of aromatic nitrogens is 1. The molecule has 0 spiro atoms. The Morgan fingerprint density at radius 1 is 1.33 bits per heavy atom. The van der Waals surface area contributed by atoms with Crippen LogP contribution >= 0.6 is 0 Å². The molecule has 1 saturated heterocycles. The van der Waals surface area contributed by atoms with Gasteiger partial charge in [0.2, 0.25) is 0 Å². The minimum Gasteiger partial charge on any atom is -0.297 e. The Labute approximate surface area is 89.9 Å². The lowest BCUT2D eigenvalue weighted by Crippen LogP contribution is -2.60. The molecule has 0 atom stereocenters. The average molecular weight is 226 g/mol. The monoisotopic (exact) mass is 226 g/mol. The van der Waals surface area contributed by atoms with Crippen molar-refractivity contribution in [3.05, 3.63) is 30.1 Å². The molecule has 0 aromatic carbocycles. The van der Waals surface area contributed by atoms with E-state index < -0.39 is 15.4 Å². The lowest BCUT2D eigenvalue weighted by Gasteiger charge is -2.45. The third-order valence-corrected chi connectivity index (χ3v) is 4.75. The van der Waals surface area contributed by atoms with Gasteiger partial charge in [-0.1, -0.05) is 6.07 Å². The van der Waals surface area contributed by atoms with Crippen molar-refractivity contribution in [2.45, 2.75) is 5.54 Å². The molecular weight excluding hydrogens is 212 g/mol. The normalized spacial score (nSPS) is 22.3. The van der Waals surface area contributed by atoms with Crippen molar-refractivity contribution in [1.82, 2.24) is 9.88 Å². The lowest BCUT2D eigenvalue weighted by atomic mass is 9.97. The quantitative estimate of drug-likeness (QED) is 0.726. The van der Waals surface area contributed by atoms with Crippen molar-refractivity contribution < 1.29 is 8.42 Å². The van der Waals surface area contributed by atoms with Gasteiger partial charge in [-0.25, -0.2) is 8.42 Å². The maximum absolute atomic E-state index is 11.3. The van der Waals surface area contributed by atoms with Crippen LogP contribution in [0.4, 0.5) is 0 Å². The summed E-state index contributed by atoms with van der Waals surface area (Å²) in [5, 5.41) is 0. The van der Waals surface area contributed by atoms with Gasteiger partial charge in [-0.15, -0.1) is 0 Å². The van der Waals surface area contributed by atoms with Crippen LogP contribution in [0.3, 0.4) is 0 Å². The van der Waals surface area contributed by atoms with E-state index in [2.05, 4.69) is 4.98 Å². The molecule has 0 amide bonds. The van der Waals surface area contributed by atoms with Gasteiger partial charge in [0.15, 0.2) is 9.84 Å². The van der Waals surface area contributed by atoms with Gasteiger partial charge in [0.1, 0.15) is 0 Å². The first-order valence-electron chi connectivity index (χ1n) is 4.76. The van der Waals surface area contributed by atoms with Crippen LogP contribution in [0.5, 0.6) is 0 Å². The third-order valence-electron chi connectivity index (χ3n) is 2.92. The van der Waals surface area contributed by atoms with E-state index in [1.807, 2.05) is 37.2 Å². The van der Waals surface area contributed by atoms with Crippen molar-refractivity contribution >= 4 is 9.84 Å². The largest absolute Gasteiger partial charge is 0.297 e. The Balaban J connectivity index is 2.40. The molecule has 2 heterocycles. The summed E-state index contributed by atoms with van der Waals surface area (Å²) in [6.45, 7) is 0.